The average Bonchev–Trinajstić information content (AvgIpc) is 3.35. The van der Waals surface area contributed by atoms with Gasteiger partial charge in [-0.15, -0.1) is 0 Å². The lowest BCUT2D eigenvalue weighted by molar-refractivity contribution is 1.11. The normalized spacial score (nSPS) is 15.0. The molecule has 0 saturated heterocycles. The van der Waals surface area contributed by atoms with Crippen LogP contribution in [-0.2, 0) is 0 Å². The lowest BCUT2D eigenvalue weighted by Crippen LogP contribution is -2.15. The molecule has 1 saturated carbocycles. The van der Waals surface area contributed by atoms with E-state index in [4.69, 9.17) is 10.7 Å². The number of hydrogen-bond donors (Lipinski definition) is 2. The lowest BCUT2D eigenvalue weighted by Gasteiger charge is -2.11. The fraction of sp³-hybridized carbons (Fsp3) is 0.278. The van der Waals surface area contributed by atoms with Crippen LogP contribution in [0.2, 0.25) is 0 Å². The molecule has 4 heteroatoms. The van der Waals surface area contributed by atoms with Crippen molar-refractivity contribution in [1.29, 1.82) is 0 Å². The van der Waals surface area contributed by atoms with E-state index in [0.717, 1.165) is 21.4 Å². The monoisotopic (exact) mass is 357 g/mol. The molecule has 0 spiro atoms. The predicted molar refractivity (Wildman–Crippen MR) is 97.2 cm³/mol. The summed E-state index contributed by atoms with van der Waals surface area (Å²) in [5.74, 6) is 1.18. The first-order valence-electron chi connectivity index (χ1n) is 7.51. The highest BCUT2D eigenvalue weighted by Crippen LogP contribution is 2.46. The first kappa shape index (κ1) is 15.1. The van der Waals surface area contributed by atoms with Crippen LogP contribution in [0.4, 0.5) is 11.4 Å². The second-order valence-electron chi connectivity index (χ2n) is 5.73. The molecular formula is C18H20BrN3. The first-order chi connectivity index (χ1) is 10.6. The van der Waals surface area contributed by atoms with E-state index in [2.05, 4.69) is 40.3 Å². The molecule has 3 rings (SSSR count). The number of nitrogens with one attached hydrogen (secondary N) is 1. The zero-order chi connectivity index (χ0) is 15.7. The Hall–Kier alpha value is -1.81. The van der Waals surface area contributed by atoms with Gasteiger partial charge in [0.05, 0.1) is 5.69 Å². The third-order valence-electron chi connectivity index (χ3n) is 4.04. The molecule has 0 amide bonds. The summed E-state index contributed by atoms with van der Waals surface area (Å²) in [5, 5.41) is 3.16. The summed E-state index contributed by atoms with van der Waals surface area (Å²) in [6.07, 6.45) is 2.48. The van der Waals surface area contributed by atoms with Gasteiger partial charge in [0.15, 0.2) is 0 Å². The number of benzene rings is 2. The van der Waals surface area contributed by atoms with Crippen molar-refractivity contribution in [1.82, 2.24) is 0 Å². The molecule has 0 heterocycles. The van der Waals surface area contributed by atoms with E-state index < -0.39 is 0 Å². The topological polar surface area (TPSA) is 50.4 Å². The molecule has 0 bridgehead atoms. The highest BCUT2D eigenvalue weighted by molar-refractivity contribution is 9.10. The molecule has 114 valence electrons. The number of nitrogens with zero attached hydrogens (tertiary/aromatic N) is 1. The molecule has 3 nitrogen and oxygen atoms in total. The van der Waals surface area contributed by atoms with Crippen molar-refractivity contribution in [2.75, 3.05) is 12.4 Å². The van der Waals surface area contributed by atoms with Gasteiger partial charge in [-0.3, -0.25) is 0 Å². The number of anilines is 1. The van der Waals surface area contributed by atoms with Crippen molar-refractivity contribution in [2.45, 2.75) is 25.7 Å². The summed E-state index contributed by atoms with van der Waals surface area (Å²) in [7, 11) is 1.89. The number of hydrogen-bond acceptors (Lipinski definition) is 2. The summed E-state index contributed by atoms with van der Waals surface area (Å²) in [4.78, 5) is 4.73. The molecule has 1 aliphatic rings. The Morgan fingerprint density at radius 1 is 1.27 bits per heavy atom. The first-order valence-corrected chi connectivity index (χ1v) is 8.31. The standard InChI is InChI=1S/C18H20BrN3/c1-11-9-17(14(10-15(11)19)12-7-8-12)22-18(20)13-5-3-4-6-16(13)21-2/h3-6,9-10,12,21H,7-8H2,1-2H3,(H2,20,22). The van der Waals surface area contributed by atoms with Crippen molar-refractivity contribution in [3.05, 3.63) is 57.6 Å². The number of amidine groups is 1. The minimum atomic E-state index is 0.550. The summed E-state index contributed by atoms with van der Waals surface area (Å²) in [6.45, 7) is 2.08. The van der Waals surface area contributed by atoms with Crippen molar-refractivity contribution < 1.29 is 0 Å². The maximum absolute atomic E-state index is 6.28. The van der Waals surface area contributed by atoms with Crippen LogP contribution in [0.25, 0.3) is 0 Å². The van der Waals surface area contributed by atoms with Gasteiger partial charge < -0.3 is 11.1 Å². The molecule has 0 aliphatic heterocycles. The Morgan fingerprint density at radius 2 is 2.00 bits per heavy atom. The van der Waals surface area contributed by atoms with Crippen LogP contribution < -0.4 is 11.1 Å². The zero-order valence-corrected chi connectivity index (χ0v) is 14.4. The summed E-state index contributed by atoms with van der Waals surface area (Å²) in [6, 6.07) is 12.3. The predicted octanol–water partition coefficient (Wildman–Crippen LogP) is 4.71. The van der Waals surface area contributed by atoms with Crippen molar-refractivity contribution in [2.24, 2.45) is 10.7 Å². The van der Waals surface area contributed by atoms with Gasteiger partial charge in [-0.2, -0.15) is 0 Å². The van der Waals surface area contributed by atoms with Crippen molar-refractivity contribution in [3.63, 3.8) is 0 Å². The molecule has 2 aromatic carbocycles. The molecule has 3 N–H and O–H groups in total. The minimum Gasteiger partial charge on any atom is -0.388 e. The van der Waals surface area contributed by atoms with E-state index in [-0.39, 0.29) is 0 Å². The van der Waals surface area contributed by atoms with Gasteiger partial charge in [-0.05, 0) is 61.1 Å². The van der Waals surface area contributed by atoms with Crippen molar-refractivity contribution in [3.8, 4) is 0 Å². The quantitative estimate of drug-likeness (QED) is 0.614. The Balaban J connectivity index is 2.06. The Morgan fingerprint density at radius 3 is 2.68 bits per heavy atom. The van der Waals surface area contributed by atoms with Crippen LogP contribution in [0.3, 0.4) is 0 Å². The van der Waals surface area contributed by atoms with Gasteiger partial charge in [-0.25, -0.2) is 4.99 Å². The molecule has 1 fully saturated rings. The maximum Gasteiger partial charge on any atom is 0.133 e. The molecule has 1 aliphatic carbocycles. The second kappa shape index (κ2) is 6.13. The number of rotatable bonds is 4. The van der Waals surface area contributed by atoms with Gasteiger partial charge in [0.25, 0.3) is 0 Å². The molecule has 0 atom stereocenters. The number of nitrogens with two attached hydrogens (primary N) is 1. The van der Waals surface area contributed by atoms with E-state index in [1.165, 1.54) is 24.0 Å². The highest BCUT2D eigenvalue weighted by Gasteiger charge is 2.27. The summed E-state index contributed by atoms with van der Waals surface area (Å²) < 4.78 is 1.14. The van der Waals surface area contributed by atoms with E-state index in [1.807, 2.05) is 31.3 Å². The highest BCUT2D eigenvalue weighted by atomic mass is 79.9. The summed E-state index contributed by atoms with van der Waals surface area (Å²) in [5.41, 5.74) is 11.7. The number of aryl methyl sites for hydroxylation is 1. The third kappa shape index (κ3) is 3.02. The van der Waals surface area contributed by atoms with Gasteiger partial charge in [0.1, 0.15) is 5.84 Å². The molecule has 2 aromatic rings. The number of aliphatic imine (C=N–C) groups is 1. The van der Waals surface area contributed by atoms with Crippen molar-refractivity contribution >= 4 is 33.1 Å². The molecule has 0 aromatic heterocycles. The summed E-state index contributed by atoms with van der Waals surface area (Å²) >= 11 is 3.62. The number of halogens is 1. The Kier molecular flexibility index (Phi) is 4.21. The average molecular weight is 358 g/mol. The van der Waals surface area contributed by atoms with Crippen LogP contribution in [0.15, 0.2) is 45.9 Å². The van der Waals surface area contributed by atoms with Crippen LogP contribution >= 0.6 is 15.9 Å². The lowest BCUT2D eigenvalue weighted by atomic mass is 10.1. The van der Waals surface area contributed by atoms with E-state index in [0.29, 0.717) is 11.8 Å². The SMILES string of the molecule is CNc1ccccc1C(N)=Nc1cc(C)c(Br)cc1C1CC1. The largest absolute Gasteiger partial charge is 0.388 e. The van der Waals surface area contributed by atoms with Gasteiger partial charge in [0, 0.05) is 22.8 Å². The molecule has 22 heavy (non-hydrogen) atoms. The number of para-hydroxylation sites is 1. The fourth-order valence-electron chi connectivity index (χ4n) is 2.61. The van der Waals surface area contributed by atoms with Crippen LogP contribution in [-0.4, -0.2) is 12.9 Å². The van der Waals surface area contributed by atoms with Gasteiger partial charge >= 0.3 is 0 Å². The minimum absolute atomic E-state index is 0.550. The van der Waals surface area contributed by atoms with Crippen LogP contribution in [0.1, 0.15) is 35.4 Å². The smallest absolute Gasteiger partial charge is 0.133 e. The van der Waals surface area contributed by atoms with Gasteiger partial charge in [0.2, 0.25) is 0 Å². The van der Waals surface area contributed by atoms with E-state index in [9.17, 15) is 0 Å². The maximum atomic E-state index is 6.28. The fourth-order valence-corrected chi connectivity index (χ4v) is 2.98. The Bertz CT molecular complexity index is 733. The van der Waals surface area contributed by atoms with E-state index >= 15 is 0 Å². The second-order valence-corrected chi connectivity index (χ2v) is 6.58. The Labute approximate surface area is 139 Å². The van der Waals surface area contributed by atoms with Gasteiger partial charge in [-0.1, -0.05) is 28.1 Å². The molecular weight excluding hydrogens is 338 g/mol. The van der Waals surface area contributed by atoms with Crippen LogP contribution in [0, 0.1) is 6.92 Å². The molecule has 0 unspecified atom stereocenters. The molecule has 0 radical (unpaired) electrons. The third-order valence-corrected chi connectivity index (χ3v) is 4.89. The van der Waals surface area contributed by atoms with Crippen LogP contribution in [0.5, 0.6) is 0 Å². The van der Waals surface area contributed by atoms with E-state index in [1.54, 1.807) is 0 Å². The zero-order valence-electron chi connectivity index (χ0n) is 12.9.